The molecular formula is C18H12ClFN2O3. The number of hydrogen-bond donors (Lipinski definition) is 1. The number of amides is 1. The maximum atomic E-state index is 13.0. The predicted octanol–water partition coefficient (Wildman–Crippen LogP) is 3.55. The van der Waals surface area contributed by atoms with E-state index in [1.54, 1.807) is 6.07 Å². The van der Waals surface area contributed by atoms with E-state index < -0.39 is 24.3 Å². The molecule has 5 nitrogen and oxygen atoms in total. The van der Waals surface area contributed by atoms with Gasteiger partial charge in [0.05, 0.1) is 10.6 Å². The Hall–Kier alpha value is -3.17. The fourth-order valence-electron chi connectivity index (χ4n) is 1.84. The third-order valence-corrected chi connectivity index (χ3v) is 3.29. The van der Waals surface area contributed by atoms with Gasteiger partial charge in [0.1, 0.15) is 11.9 Å². The Kier molecular flexibility index (Phi) is 6.26. The molecule has 0 atom stereocenters. The molecule has 7 heteroatoms. The maximum absolute atomic E-state index is 13.0. The van der Waals surface area contributed by atoms with Crippen LogP contribution < -0.4 is 5.32 Å². The highest BCUT2D eigenvalue weighted by Crippen LogP contribution is 2.20. The molecule has 0 aromatic heterocycles. The monoisotopic (exact) mass is 358 g/mol. The van der Waals surface area contributed by atoms with Crippen molar-refractivity contribution in [1.29, 1.82) is 5.26 Å². The number of nitriles is 1. The van der Waals surface area contributed by atoms with Crippen molar-refractivity contribution in [3.05, 3.63) is 70.5 Å². The van der Waals surface area contributed by atoms with Crippen LogP contribution in [0.1, 0.15) is 11.1 Å². The standard InChI is InChI=1S/C18H12ClFN2O3/c19-16-9-15(6-5-13(16)10-21)22-17(23)11-25-18(24)7-4-12-2-1-3-14(20)8-12/h1-9H,11H2,(H,22,23)/b7-4+. The molecule has 0 spiro atoms. The number of benzene rings is 2. The van der Waals surface area contributed by atoms with Crippen LogP contribution in [0.25, 0.3) is 6.08 Å². The van der Waals surface area contributed by atoms with Gasteiger partial charge in [0.2, 0.25) is 0 Å². The fraction of sp³-hybridized carbons (Fsp3) is 0.0556. The van der Waals surface area contributed by atoms with E-state index in [4.69, 9.17) is 21.6 Å². The Labute approximate surface area is 148 Å². The van der Waals surface area contributed by atoms with Crippen molar-refractivity contribution >= 4 is 35.2 Å². The zero-order valence-electron chi connectivity index (χ0n) is 12.8. The van der Waals surface area contributed by atoms with Gasteiger partial charge in [-0.3, -0.25) is 4.79 Å². The molecule has 0 saturated heterocycles. The first-order valence-electron chi connectivity index (χ1n) is 7.08. The predicted molar refractivity (Wildman–Crippen MR) is 91.2 cm³/mol. The second-order valence-corrected chi connectivity index (χ2v) is 5.26. The van der Waals surface area contributed by atoms with Crippen LogP contribution in [0.4, 0.5) is 10.1 Å². The Morgan fingerprint density at radius 3 is 2.76 bits per heavy atom. The molecule has 0 saturated carbocycles. The lowest BCUT2D eigenvalue weighted by Crippen LogP contribution is -2.20. The fourth-order valence-corrected chi connectivity index (χ4v) is 2.06. The van der Waals surface area contributed by atoms with Gasteiger partial charge in [0.25, 0.3) is 5.91 Å². The quantitative estimate of drug-likeness (QED) is 0.655. The van der Waals surface area contributed by atoms with Crippen LogP contribution in [-0.4, -0.2) is 18.5 Å². The van der Waals surface area contributed by atoms with Gasteiger partial charge in [-0.2, -0.15) is 5.26 Å². The van der Waals surface area contributed by atoms with Crippen molar-refractivity contribution in [2.45, 2.75) is 0 Å². The maximum Gasteiger partial charge on any atom is 0.331 e. The summed E-state index contributed by atoms with van der Waals surface area (Å²) in [5.74, 6) is -1.72. The summed E-state index contributed by atoms with van der Waals surface area (Å²) in [7, 11) is 0. The summed E-state index contributed by atoms with van der Waals surface area (Å²) in [5.41, 5.74) is 1.16. The normalized spacial score (nSPS) is 10.3. The van der Waals surface area contributed by atoms with Crippen LogP contribution in [0.15, 0.2) is 48.5 Å². The summed E-state index contributed by atoms with van der Waals surface area (Å²) in [6.45, 7) is -0.496. The number of nitrogens with zero attached hydrogens (tertiary/aromatic N) is 1. The SMILES string of the molecule is N#Cc1ccc(NC(=O)COC(=O)/C=C/c2cccc(F)c2)cc1Cl. The molecule has 25 heavy (non-hydrogen) atoms. The number of halogens is 2. The molecule has 0 unspecified atom stereocenters. The number of esters is 1. The van der Waals surface area contributed by atoms with Gasteiger partial charge < -0.3 is 10.1 Å². The lowest BCUT2D eigenvalue weighted by atomic mass is 10.2. The van der Waals surface area contributed by atoms with E-state index in [1.807, 2.05) is 6.07 Å². The highest BCUT2D eigenvalue weighted by molar-refractivity contribution is 6.32. The average Bonchev–Trinajstić information content (AvgIpc) is 2.58. The second kappa shape index (κ2) is 8.62. The smallest absolute Gasteiger partial charge is 0.331 e. The molecule has 0 fully saturated rings. The van der Waals surface area contributed by atoms with E-state index >= 15 is 0 Å². The molecule has 0 radical (unpaired) electrons. The number of hydrogen-bond acceptors (Lipinski definition) is 4. The Morgan fingerprint density at radius 2 is 2.08 bits per heavy atom. The van der Waals surface area contributed by atoms with E-state index in [9.17, 15) is 14.0 Å². The van der Waals surface area contributed by atoms with E-state index in [-0.39, 0.29) is 10.6 Å². The minimum absolute atomic E-state index is 0.204. The van der Waals surface area contributed by atoms with Gasteiger partial charge in [-0.15, -0.1) is 0 Å². The molecule has 0 aliphatic rings. The third-order valence-electron chi connectivity index (χ3n) is 2.98. The van der Waals surface area contributed by atoms with Crippen LogP contribution in [0.2, 0.25) is 5.02 Å². The minimum Gasteiger partial charge on any atom is -0.452 e. The second-order valence-electron chi connectivity index (χ2n) is 4.85. The van der Waals surface area contributed by atoms with E-state index in [0.29, 0.717) is 11.3 Å². The number of anilines is 1. The lowest BCUT2D eigenvalue weighted by molar-refractivity contribution is -0.142. The molecule has 2 aromatic carbocycles. The summed E-state index contributed by atoms with van der Waals surface area (Å²) in [4.78, 5) is 23.3. The minimum atomic E-state index is -0.739. The van der Waals surface area contributed by atoms with Crippen LogP contribution in [0, 0.1) is 17.1 Å². The third kappa shape index (κ3) is 5.75. The molecule has 1 amide bonds. The van der Waals surface area contributed by atoms with Crippen molar-refractivity contribution in [3.8, 4) is 6.07 Å². The van der Waals surface area contributed by atoms with Gasteiger partial charge in [0.15, 0.2) is 6.61 Å². The molecule has 0 aliphatic carbocycles. The number of rotatable bonds is 5. The van der Waals surface area contributed by atoms with E-state index in [0.717, 1.165) is 6.08 Å². The Morgan fingerprint density at radius 1 is 1.28 bits per heavy atom. The van der Waals surface area contributed by atoms with Crippen molar-refractivity contribution in [3.63, 3.8) is 0 Å². The van der Waals surface area contributed by atoms with Crippen LogP contribution in [-0.2, 0) is 14.3 Å². The van der Waals surface area contributed by atoms with Crippen molar-refractivity contribution in [1.82, 2.24) is 0 Å². The summed E-state index contributed by atoms with van der Waals surface area (Å²) in [6, 6.07) is 12.0. The summed E-state index contributed by atoms with van der Waals surface area (Å²) >= 11 is 5.86. The van der Waals surface area contributed by atoms with Crippen LogP contribution >= 0.6 is 11.6 Å². The van der Waals surface area contributed by atoms with Gasteiger partial charge in [-0.25, -0.2) is 9.18 Å². The molecule has 2 aromatic rings. The Bertz CT molecular complexity index is 875. The zero-order valence-corrected chi connectivity index (χ0v) is 13.6. The molecule has 2 rings (SSSR count). The van der Waals surface area contributed by atoms with Gasteiger partial charge in [-0.05, 0) is 42.0 Å². The van der Waals surface area contributed by atoms with E-state index in [1.165, 1.54) is 42.5 Å². The largest absolute Gasteiger partial charge is 0.452 e. The Balaban J connectivity index is 1.84. The molecule has 1 N–H and O–H groups in total. The number of ether oxygens (including phenoxy) is 1. The number of carbonyl (C=O) groups is 2. The molecule has 0 heterocycles. The van der Waals surface area contributed by atoms with Gasteiger partial charge in [0, 0.05) is 11.8 Å². The average molecular weight is 359 g/mol. The van der Waals surface area contributed by atoms with Gasteiger partial charge in [-0.1, -0.05) is 23.7 Å². The zero-order chi connectivity index (χ0) is 18.2. The first-order chi connectivity index (χ1) is 12.0. The highest BCUT2D eigenvalue weighted by Gasteiger charge is 2.07. The van der Waals surface area contributed by atoms with Crippen molar-refractivity contribution < 1.29 is 18.7 Å². The number of carbonyl (C=O) groups excluding carboxylic acids is 2. The first-order valence-corrected chi connectivity index (χ1v) is 7.45. The highest BCUT2D eigenvalue weighted by atomic mass is 35.5. The summed E-state index contributed by atoms with van der Waals surface area (Å²) in [6.07, 6.45) is 2.48. The molecule has 0 bridgehead atoms. The van der Waals surface area contributed by atoms with Crippen LogP contribution in [0.5, 0.6) is 0 Å². The molecular weight excluding hydrogens is 347 g/mol. The summed E-state index contributed by atoms with van der Waals surface area (Å²) < 4.78 is 17.8. The van der Waals surface area contributed by atoms with Crippen LogP contribution in [0.3, 0.4) is 0 Å². The topological polar surface area (TPSA) is 79.2 Å². The summed E-state index contributed by atoms with van der Waals surface area (Å²) in [5, 5.41) is 11.5. The van der Waals surface area contributed by atoms with Crippen molar-refractivity contribution in [2.24, 2.45) is 0 Å². The number of nitrogens with one attached hydrogen (secondary N) is 1. The molecule has 126 valence electrons. The lowest BCUT2D eigenvalue weighted by Gasteiger charge is -2.06. The van der Waals surface area contributed by atoms with E-state index in [2.05, 4.69) is 5.32 Å². The molecule has 0 aliphatic heterocycles. The van der Waals surface area contributed by atoms with Gasteiger partial charge >= 0.3 is 5.97 Å². The first kappa shape index (κ1) is 18.2. The van der Waals surface area contributed by atoms with Crippen molar-refractivity contribution in [2.75, 3.05) is 11.9 Å².